The molecular weight excluding hydrogens is 250 g/mol. The second-order valence-corrected chi connectivity index (χ2v) is 4.55. The number of primary amides is 1. The summed E-state index contributed by atoms with van der Waals surface area (Å²) in [6, 6.07) is 16.0. The monoisotopic (exact) mass is 269 g/mol. The van der Waals surface area contributed by atoms with Crippen LogP contribution in [0.2, 0.25) is 0 Å². The number of amides is 1. The predicted octanol–water partition coefficient (Wildman–Crippen LogP) is 3.17. The molecule has 0 aromatic heterocycles. The van der Waals surface area contributed by atoms with Crippen LogP contribution >= 0.6 is 0 Å². The van der Waals surface area contributed by atoms with Gasteiger partial charge < -0.3 is 10.5 Å². The molecule has 0 saturated heterocycles. The van der Waals surface area contributed by atoms with Crippen LogP contribution in [0.4, 0.5) is 0 Å². The summed E-state index contributed by atoms with van der Waals surface area (Å²) in [4.78, 5) is 11.0. The lowest BCUT2D eigenvalue weighted by Crippen LogP contribution is -2.11. The van der Waals surface area contributed by atoms with Gasteiger partial charge in [-0.05, 0) is 30.5 Å². The number of hydrogen-bond acceptors (Lipinski definition) is 2. The molecule has 0 unspecified atom stereocenters. The molecule has 0 aliphatic carbocycles. The van der Waals surface area contributed by atoms with Crippen molar-refractivity contribution in [1.82, 2.24) is 0 Å². The van der Waals surface area contributed by atoms with Crippen LogP contribution in [-0.4, -0.2) is 12.5 Å². The summed E-state index contributed by atoms with van der Waals surface area (Å²) in [5, 5.41) is 0. The number of carbonyl (C=O) groups is 1. The van der Waals surface area contributed by atoms with Crippen LogP contribution < -0.4 is 10.5 Å². The van der Waals surface area contributed by atoms with Gasteiger partial charge in [0.15, 0.2) is 0 Å². The zero-order chi connectivity index (χ0) is 14.4. The maximum absolute atomic E-state index is 11.0. The van der Waals surface area contributed by atoms with Crippen molar-refractivity contribution in [2.24, 2.45) is 5.73 Å². The van der Waals surface area contributed by atoms with E-state index in [1.54, 1.807) is 0 Å². The standard InChI is InChI=1S/C17H19NO2/c1-2-20-16-10-6-5-9-15(16)14-8-4-3-7-13(14)11-12-17(18)19/h3-10H,2,11-12H2,1H3,(H2,18,19). The van der Waals surface area contributed by atoms with Gasteiger partial charge in [-0.25, -0.2) is 0 Å². The van der Waals surface area contributed by atoms with Crippen molar-refractivity contribution in [1.29, 1.82) is 0 Å². The first-order valence-corrected chi connectivity index (χ1v) is 6.80. The quantitative estimate of drug-likeness (QED) is 0.875. The van der Waals surface area contributed by atoms with E-state index >= 15 is 0 Å². The minimum atomic E-state index is -0.280. The van der Waals surface area contributed by atoms with E-state index in [-0.39, 0.29) is 5.91 Å². The Morgan fingerprint density at radius 3 is 2.40 bits per heavy atom. The van der Waals surface area contributed by atoms with Gasteiger partial charge in [0.05, 0.1) is 6.61 Å². The van der Waals surface area contributed by atoms with Gasteiger partial charge in [-0.1, -0.05) is 42.5 Å². The number of carbonyl (C=O) groups excluding carboxylic acids is 1. The number of aryl methyl sites for hydroxylation is 1. The average molecular weight is 269 g/mol. The van der Waals surface area contributed by atoms with E-state index in [1.165, 1.54) is 0 Å². The molecule has 0 fully saturated rings. The maximum atomic E-state index is 11.0. The lowest BCUT2D eigenvalue weighted by Gasteiger charge is -2.13. The number of hydrogen-bond donors (Lipinski definition) is 1. The van der Waals surface area contributed by atoms with E-state index in [0.29, 0.717) is 19.4 Å². The minimum absolute atomic E-state index is 0.280. The summed E-state index contributed by atoms with van der Waals surface area (Å²) in [5.41, 5.74) is 8.50. The van der Waals surface area contributed by atoms with E-state index in [1.807, 2.05) is 55.5 Å². The van der Waals surface area contributed by atoms with E-state index in [0.717, 1.165) is 22.4 Å². The van der Waals surface area contributed by atoms with Gasteiger partial charge in [0.2, 0.25) is 5.91 Å². The highest BCUT2D eigenvalue weighted by Gasteiger charge is 2.10. The Balaban J connectivity index is 2.39. The molecule has 2 rings (SSSR count). The molecule has 20 heavy (non-hydrogen) atoms. The third-order valence-corrected chi connectivity index (χ3v) is 3.14. The molecule has 2 aromatic rings. The van der Waals surface area contributed by atoms with Crippen LogP contribution in [0.15, 0.2) is 48.5 Å². The molecule has 3 nitrogen and oxygen atoms in total. The Hall–Kier alpha value is -2.29. The van der Waals surface area contributed by atoms with Crippen molar-refractivity contribution in [3.63, 3.8) is 0 Å². The zero-order valence-corrected chi connectivity index (χ0v) is 11.6. The van der Waals surface area contributed by atoms with Crippen molar-refractivity contribution in [3.8, 4) is 16.9 Å². The SMILES string of the molecule is CCOc1ccccc1-c1ccccc1CCC(N)=O. The summed E-state index contributed by atoms with van der Waals surface area (Å²) in [5.74, 6) is 0.583. The summed E-state index contributed by atoms with van der Waals surface area (Å²) < 4.78 is 5.68. The number of rotatable bonds is 6. The molecule has 0 radical (unpaired) electrons. The van der Waals surface area contributed by atoms with Crippen LogP contribution in [0.25, 0.3) is 11.1 Å². The third kappa shape index (κ3) is 3.38. The Kier molecular flexibility index (Phi) is 4.77. The highest BCUT2D eigenvalue weighted by molar-refractivity contribution is 5.76. The molecule has 104 valence electrons. The van der Waals surface area contributed by atoms with Crippen molar-refractivity contribution in [2.45, 2.75) is 19.8 Å². The van der Waals surface area contributed by atoms with Crippen LogP contribution in [0.1, 0.15) is 18.9 Å². The van der Waals surface area contributed by atoms with Crippen molar-refractivity contribution >= 4 is 5.91 Å². The van der Waals surface area contributed by atoms with Gasteiger partial charge in [-0.3, -0.25) is 4.79 Å². The average Bonchev–Trinajstić information content (AvgIpc) is 2.46. The molecule has 0 atom stereocenters. The Bertz CT molecular complexity index is 593. The molecule has 0 saturated carbocycles. The fourth-order valence-electron chi connectivity index (χ4n) is 2.23. The summed E-state index contributed by atoms with van der Waals surface area (Å²) in [7, 11) is 0. The molecular formula is C17H19NO2. The van der Waals surface area contributed by atoms with E-state index < -0.39 is 0 Å². The third-order valence-electron chi connectivity index (χ3n) is 3.14. The highest BCUT2D eigenvalue weighted by Crippen LogP contribution is 2.32. The topological polar surface area (TPSA) is 52.3 Å². The highest BCUT2D eigenvalue weighted by atomic mass is 16.5. The largest absolute Gasteiger partial charge is 0.493 e. The Labute approximate surface area is 119 Å². The lowest BCUT2D eigenvalue weighted by molar-refractivity contribution is -0.117. The van der Waals surface area contributed by atoms with Gasteiger partial charge in [-0.15, -0.1) is 0 Å². The van der Waals surface area contributed by atoms with Gasteiger partial charge in [0, 0.05) is 12.0 Å². The van der Waals surface area contributed by atoms with E-state index in [4.69, 9.17) is 10.5 Å². The minimum Gasteiger partial charge on any atom is -0.493 e. The normalized spacial score (nSPS) is 10.2. The second-order valence-electron chi connectivity index (χ2n) is 4.55. The summed E-state index contributed by atoms with van der Waals surface area (Å²) in [6.07, 6.45) is 1.000. The van der Waals surface area contributed by atoms with Gasteiger partial charge in [-0.2, -0.15) is 0 Å². The van der Waals surface area contributed by atoms with Gasteiger partial charge >= 0.3 is 0 Å². The first-order valence-electron chi connectivity index (χ1n) is 6.80. The van der Waals surface area contributed by atoms with Crippen LogP contribution in [0, 0.1) is 0 Å². The fourth-order valence-corrected chi connectivity index (χ4v) is 2.23. The smallest absolute Gasteiger partial charge is 0.217 e. The molecule has 0 aliphatic heterocycles. The molecule has 0 spiro atoms. The van der Waals surface area contributed by atoms with Crippen molar-refractivity contribution in [2.75, 3.05) is 6.61 Å². The zero-order valence-electron chi connectivity index (χ0n) is 11.6. The second kappa shape index (κ2) is 6.75. The van der Waals surface area contributed by atoms with Crippen molar-refractivity contribution < 1.29 is 9.53 Å². The number of benzene rings is 2. The number of nitrogens with two attached hydrogens (primary N) is 1. The lowest BCUT2D eigenvalue weighted by atomic mass is 9.96. The van der Waals surface area contributed by atoms with Crippen LogP contribution in [-0.2, 0) is 11.2 Å². The van der Waals surface area contributed by atoms with Crippen LogP contribution in [0.5, 0.6) is 5.75 Å². The van der Waals surface area contributed by atoms with Gasteiger partial charge in [0.25, 0.3) is 0 Å². The molecule has 2 N–H and O–H groups in total. The number of para-hydroxylation sites is 1. The first-order chi connectivity index (χ1) is 9.72. The Morgan fingerprint density at radius 1 is 1.05 bits per heavy atom. The molecule has 1 amide bonds. The summed E-state index contributed by atoms with van der Waals surface area (Å²) in [6.45, 7) is 2.59. The van der Waals surface area contributed by atoms with E-state index in [2.05, 4.69) is 0 Å². The maximum Gasteiger partial charge on any atom is 0.217 e. The van der Waals surface area contributed by atoms with Gasteiger partial charge in [0.1, 0.15) is 5.75 Å². The van der Waals surface area contributed by atoms with Crippen LogP contribution in [0.3, 0.4) is 0 Å². The number of ether oxygens (including phenoxy) is 1. The van der Waals surface area contributed by atoms with E-state index in [9.17, 15) is 4.79 Å². The molecule has 2 aromatic carbocycles. The molecule has 3 heteroatoms. The molecule has 0 heterocycles. The molecule has 0 aliphatic rings. The Morgan fingerprint density at radius 2 is 1.70 bits per heavy atom. The predicted molar refractivity (Wildman–Crippen MR) is 80.6 cm³/mol. The first kappa shape index (κ1) is 14.1. The molecule has 0 bridgehead atoms. The fraction of sp³-hybridized carbons (Fsp3) is 0.235. The van der Waals surface area contributed by atoms with Crippen molar-refractivity contribution in [3.05, 3.63) is 54.1 Å². The summed E-state index contributed by atoms with van der Waals surface area (Å²) >= 11 is 0.